The minimum absolute atomic E-state index is 0.0422. The van der Waals surface area contributed by atoms with Crippen LogP contribution in [0.2, 0.25) is 0 Å². The molecule has 0 aliphatic heterocycles. The van der Waals surface area contributed by atoms with Crippen molar-refractivity contribution in [2.75, 3.05) is 0 Å². The number of hydrogen-bond donors (Lipinski definition) is 2. The predicted octanol–water partition coefficient (Wildman–Crippen LogP) is 2.64. The van der Waals surface area contributed by atoms with Gasteiger partial charge in [-0.1, -0.05) is 12.1 Å². The lowest BCUT2D eigenvalue weighted by Crippen LogP contribution is -2.16. The van der Waals surface area contributed by atoms with Crippen molar-refractivity contribution in [1.82, 2.24) is 4.98 Å². The summed E-state index contributed by atoms with van der Waals surface area (Å²) < 4.78 is 13.5. The molecule has 0 radical (unpaired) electrons. The van der Waals surface area contributed by atoms with Crippen LogP contribution in [0.15, 0.2) is 18.2 Å². The van der Waals surface area contributed by atoms with Crippen molar-refractivity contribution < 1.29 is 4.39 Å². The minimum atomic E-state index is -0.186. The summed E-state index contributed by atoms with van der Waals surface area (Å²) in [6, 6.07) is 5.24. The Labute approximate surface area is 87.3 Å². The van der Waals surface area contributed by atoms with Crippen molar-refractivity contribution in [3.63, 3.8) is 0 Å². The second kappa shape index (κ2) is 3.07. The fraction of sp³-hybridized carbons (Fsp3) is 0.333. The molecule has 3 rings (SSSR count). The first-order chi connectivity index (χ1) is 7.27. The predicted molar refractivity (Wildman–Crippen MR) is 58.1 cm³/mol. The third-order valence-corrected chi connectivity index (χ3v) is 3.24. The number of benzene rings is 1. The van der Waals surface area contributed by atoms with E-state index in [0.29, 0.717) is 5.52 Å². The molecule has 0 saturated heterocycles. The van der Waals surface area contributed by atoms with Gasteiger partial charge in [0.2, 0.25) is 0 Å². The normalized spacial score (nSPS) is 20.5. The number of fused-ring (bicyclic) bond motifs is 3. The van der Waals surface area contributed by atoms with E-state index < -0.39 is 0 Å². The molecule has 0 fully saturated rings. The largest absolute Gasteiger partial charge is 0.354 e. The van der Waals surface area contributed by atoms with E-state index in [9.17, 15) is 4.39 Å². The molecule has 0 spiro atoms. The van der Waals surface area contributed by atoms with Crippen LogP contribution in [-0.4, -0.2) is 4.98 Å². The number of rotatable bonds is 0. The first kappa shape index (κ1) is 8.92. The summed E-state index contributed by atoms with van der Waals surface area (Å²) in [6.07, 6.45) is 3.09. The Morgan fingerprint density at radius 1 is 1.40 bits per heavy atom. The van der Waals surface area contributed by atoms with Crippen LogP contribution in [0.5, 0.6) is 0 Å². The monoisotopic (exact) mass is 204 g/mol. The quantitative estimate of drug-likeness (QED) is 0.680. The van der Waals surface area contributed by atoms with Gasteiger partial charge in [0, 0.05) is 17.1 Å². The van der Waals surface area contributed by atoms with Gasteiger partial charge in [-0.05, 0) is 30.9 Å². The summed E-state index contributed by atoms with van der Waals surface area (Å²) in [5.74, 6) is -0.186. The van der Waals surface area contributed by atoms with Gasteiger partial charge in [0.1, 0.15) is 5.82 Å². The summed E-state index contributed by atoms with van der Waals surface area (Å²) in [7, 11) is 0. The molecule has 0 unspecified atom stereocenters. The smallest absolute Gasteiger partial charge is 0.147 e. The maximum atomic E-state index is 13.5. The minimum Gasteiger partial charge on any atom is -0.354 e. The van der Waals surface area contributed by atoms with Gasteiger partial charge in [-0.2, -0.15) is 0 Å². The first-order valence-electron chi connectivity index (χ1n) is 5.32. The van der Waals surface area contributed by atoms with Crippen molar-refractivity contribution in [2.45, 2.75) is 25.3 Å². The van der Waals surface area contributed by atoms with Crippen LogP contribution >= 0.6 is 0 Å². The van der Waals surface area contributed by atoms with Crippen LogP contribution < -0.4 is 5.73 Å². The van der Waals surface area contributed by atoms with E-state index in [-0.39, 0.29) is 11.9 Å². The van der Waals surface area contributed by atoms with Crippen LogP contribution in [0.3, 0.4) is 0 Å². The van der Waals surface area contributed by atoms with Gasteiger partial charge in [0.05, 0.1) is 5.52 Å². The molecular weight excluding hydrogens is 191 g/mol. The van der Waals surface area contributed by atoms with E-state index in [2.05, 4.69) is 4.98 Å². The molecule has 3 N–H and O–H groups in total. The number of nitrogens with two attached hydrogens (primary N) is 1. The Morgan fingerprint density at radius 2 is 2.27 bits per heavy atom. The van der Waals surface area contributed by atoms with Gasteiger partial charge >= 0.3 is 0 Å². The average Bonchev–Trinajstić information content (AvgIpc) is 2.60. The topological polar surface area (TPSA) is 41.8 Å². The van der Waals surface area contributed by atoms with Gasteiger partial charge in [0.25, 0.3) is 0 Å². The zero-order valence-electron chi connectivity index (χ0n) is 8.39. The van der Waals surface area contributed by atoms with E-state index in [1.54, 1.807) is 6.07 Å². The standard InChI is InChI=1S/C12H13FN2/c13-9-5-1-3-7-8-4-2-6-10(14)12(8)15-11(7)9/h1,3,5,10,15H,2,4,6,14H2/t10-/m1/s1. The number of aromatic amines is 1. The summed E-state index contributed by atoms with van der Waals surface area (Å²) in [5.41, 5.74) is 8.86. The average molecular weight is 204 g/mol. The summed E-state index contributed by atoms with van der Waals surface area (Å²) in [5, 5.41) is 1.00. The summed E-state index contributed by atoms with van der Waals surface area (Å²) in [6.45, 7) is 0. The fourth-order valence-corrected chi connectivity index (χ4v) is 2.49. The van der Waals surface area contributed by atoms with Crippen molar-refractivity contribution in [3.05, 3.63) is 35.3 Å². The zero-order valence-corrected chi connectivity index (χ0v) is 8.39. The molecule has 78 valence electrons. The fourth-order valence-electron chi connectivity index (χ4n) is 2.49. The third-order valence-electron chi connectivity index (χ3n) is 3.24. The molecule has 0 amide bonds. The molecule has 1 aromatic heterocycles. The number of aryl methyl sites for hydroxylation is 1. The van der Waals surface area contributed by atoms with Crippen LogP contribution in [0, 0.1) is 5.82 Å². The lowest BCUT2D eigenvalue weighted by molar-refractivity contribution is 0.562. The SMILES string of the molecule is N[C@@H]1CCCc2c1[nH]c1c(F)cccc21. The van der Waals surface area contributed by atoms with Crippen LogP contribution in [0.1, 0.15) is 30.1 Å². The van der Waals surface area contributed by atoms with Crippen LogP contribution in [0.4, 0.5) is 4.39 Å². The van der Waals surface area contributed by atoms with E-state index in [1.165, 1.54) is 11.6 Å². The van der Waals surface area contributed by atoms with E-state index in [1.807, 2.05) is 6.07 Å². The molecule has 0 saturated carbocycles. The van der Waals surface area contributed by atoms with E-state index in [0.717, 1.165) is 30.3 Å². The number of H-pyrrole nitrogens is 1. The second-order valence-corrected chi connectivity index (χ2v) is 4.18. The van der Waals surface area contributed by atoms with Gasteiger partial charge in [-0.3, -0.25) is 0 Å². The molecule has 15 heavy (non-hydrogen) atoms. The third kappa shape index (κ3) is 1.20. The lowest BCUT2D eigenvalue weighted by atomic mass is 9.92. The summed E-state index contributed by atoms with van der Waals surface area (Å²) in [4.78, 5) is 3.13. The second-order valence-electron chi connectivity index (χ2n) is 4.18. The molecule has 0 bridgehead atoms. The molecule has 1 heterocycles. The van der Waals surface area contributed by atoms with Gasteiger partial charge in [-0.25, -0.2) is 4.39 Å². The van der Waals surface area contributed by atoms with Crippen LogP contribution in [-0.2, 0) is 6.42 Å². The van der Waals surface area contributed by atoms with Crippen molar-refractivity contribution in [3.8, 4) is 0 Å². The molecule has 1 aliphatic rings. The Hall–Kier alpha value is -1.35. The number of para-hydroxylation sites is 1. The van der Waals surface area contributed by atoms with E-state index in [4.69, 9.17) is 5.73 Å². The van der Waals surface area contributed by atoms with E-state index >= 15 is 0 Å². The van der Waals surface area contributed by atoms with Crippen LogP contribution in [0.25, 0.3) is 10.9 Å². The summed E-state index contributed by atoms with van der Waals surface area (Å²) >= 11 is 0. The molecule has 1 aromatic carbocycles. The Morgan fingerprint density at radius 3 is 3.13 bits per heavy atom. The first-order valence-corrected chi connectivity index (χ1v) is 5.32. The number of halogens is 1. The highest BCUT2D eigenvalue weighted by Gasteiger charge is 2.22. The van der Waals surface area contributed by atoms with Gasteiger partial charge in [0.15, 0.2) is 0 Å². The number of hydrogen-bond acceptors (Lipinski definition) is 1. The maximum Gasteiger partial charge on any atom is 0.147 e. The zero-order chi connectivity index (χ0) is 10.4. The lowest BCUT2D eigenvalue weighted by Gasteiger charge is -2.18. The molecule has 1 aliphatic carbocycles. The number of nitrogens with one attached hydrogen (secondary N) is 1. The highest BCUT2D eigenvalue weighted by atomic mass is 19.1. The molecule has 1 atom stereocenters. The maximum absolute atomic E-state index is 13.5. The van der Waals surface area contributed by atoms with Crippen molar-refractivity contribution in [2.24, 2.45) is 5.73 Å². The van der Waals surface area contributed by atoms with Gasteiger partial charge < -0.3 is 10.7 Å². The highest BCUT2D eigenvalue weighted by Crippen LogP contribution is 2.34. The van der Waals surface area contributed by atoms with Crippen molar-refractivity contribution >= 4 is 10.9 Å². The molecular formula is C12H13FN2. The molecule has 2 nitrogen and oxygen atoms in total. The Bertz CT molecular complexity index is 516. The Balaban J connectivity index is 2.35. The van der Waals surface area contributed by atoms with Gasteiger partial charge in [-0.15, -0.1) is 0 Å². The Kier molecular flexibility index (Phi) is 1.83. The highest BCUT2D eigenvalue weighted by molar-refractivity contribution is 5.85. The molecule has 2 aromatic rings. The van der Waals surface area contributed by atoms with Crippen molar-refractivity contribution in [1.29, 1.82) is 0 Å². The molecule has 3 heteroatoms. The number of aromatic nitrogens is 1.